The first-order valence-electron chi connectivity index (χ1n) is 9.46. The first kappa shape index (κ1) is 20.0. The summed E-state index contributed by atoms with van der Waals surface area (Å²) >= 11 is 5.96. The fourth-order valence-corrected chi connectivity index (χ4v) is 3.93. The Hall–Kier alpha value is -3.26. The van der Waals surface area contributed by atoms with Crippen LogP contribution in [0.3, 0.4) is 0 Å². The second kappa shape index (κ2) is 8.23. The number of rotatable bonds is 5. The molecule has 1 aromatic heterocycles. The molecule has 156 valence electrons. The van der Waals surface area contributed by atoms with Crippen LogP contribution in [0.1, 0.15) is 18.5 Å². The van der Waals surface area contributed by atoms with E-state index in [1.54, 1.807) is 43.2 Å². The lowest BCUT2D eigenvalue weighted by Gasteiger charge is -2.37. The van der Waals surface area contributed by atoms with Crippen molar-refractivity contribution < 1.29 is 14.3 Å². The first-order chi connectivity index (χ1) is 14.5. The summed E-state index contributed by atoms with van der Waals surface area (Å²) < 4.78 is 12.7. The number of anilines is 2. The Bertz CT molecular complexity index is 1050. The highest BCUT2D eigenvalue weighted by molar-refractivity contribution is 6.30. The van der Waals surface area contributed by atoms with E-state index in [0.29, 0.717) is 28.2 Å². The Morgan fingerprint density at radius 1 is 1.17 bits per heavy atom. The number of nitrogens with one attached hydrogen (secondary N) is 2. The quantitative estimate of drug-likeness (QED) is 0.646. The Balaban J connectivity index is 1.78. The predicted octanol–water partition coefficient (Wildman–Crippen LogP) is 3.61. The van der Waals surface area contributed by atoms with Crippen LogP contribution in [0.5, 0.6) is 11.5 Å². The fraction of sp³-hybridized carbons (Fsp3) is 0.286. The van der Waals surface area contributed by atoms with Crippen LogP contribution in [0.25, 0.3) is 0 Å². The third kappa shape index (κ3) is 3.66. The van der Waals surface area contributed by atoms with Gasteiger partial charge in [0.05, 0.1) is 26.2 Å². The molecule has 1 aliphatic heterocycles. The zero-order chi connectivity index (χ0) is 21.3. The average molecular weight is 428 g/mol. The van der Waals surface area contributed by atoms with Crippen molar-refractivity contribution in [2.75, 3.05) is 24.9 Å². The number of halogens is 1. The number of hydrogen-bond acceptors (Lipinski definition) is 6. The van der Waals surface area contributed by atoms with Gasteiger partial charge >= 0.3 is 0 Å². The number of methoxy groups -OCH3 is 2. The predicted molar refractivity (Wildman–Crippen MR) is 114 cm³/mol. The molecular weight excluding hydrogens is 406 g/mol. The van der Waals surface area contributed by atoms with Crippen molar-refractivity contribution in [3.05, 3.63) is 59.4 Å². The molecular formula is C21H22ClN5O3. The largest absolute Gasteiger partial charge is 0.497 e. The highest BCUT2D eigenvalue weighted by Gasteiger charge is 2.42. The number of amides is 1. The SMILES string of the molecule is COc1ccc(OC)c([C@@H]2[C@H](C(=O)Nc3ccc(Cl)cc3)[C@H](C)Nc3ncnn32)c1. The van der Waals surface area contributed by atoms with E-state index in [0.717, 1.165) is 5.56 Å². The highest BCUT2D eigenvalue weighted by atomic mass is 35.5. The summed E-state index contributed by atoms with van der Waals surface area (Å²) in [5.41, 5.74) is 1.45. The van der Waals surface area contributed by atoms with Gasteiger partial charge in [-0.1, -0.05) is 11.6 Å². The van der Waals surface area contributed by atoms with Gasteiger partial charge in [-0.15, -0.1) is 0 Å². The van der Waals surface area contributed by atoms with Crippen LogP contribution in [-0.4, -0.2) is 40.9 Å². The molecule has 0 aliphatic carbocycles. The minimum Gasteiger partial charge on any atom is -0.497 e. The van der Waals surface area contributed by atoms with Crippen molar-refractivity contribution in [3.8, 4) is 11.5 Å². The van der Waals surface area contributed by atoms with Gasteiger partial charge in [-0.25, -0.2) is 4.68 Å². The number of ether oxygens (including phenoxy) is 2. The van der Waals surface area contributed by atoms with Crippen LogP contribution < -0.4 is 20.1 Å². The number of benzene rings is 2. The molecule has 2 N–H and O–H groups in total. The lowest BCUT2D eigenvalue weighted by atomic mass is 9.85. The van der Waals surface area contributed by atoms with Crippen molar-refractivity contribution >= 4 is 29.1 Å². The molecule has 1 aliphatic rings. The van der Waals surface area contributed by atoms with E-state index in [1.165, 1.54) is 6.33 Å². The van der Waals surface area contributed by atoms with E-state index in [4.69, 9.17) is 21.1 Å². The summed E-state index contributed by atoms with van der Waals surface area (Å²) in [7, 11) is 3.20. The Labute approximate surface area is 179 Å². The van der Waals surface area contributed by atoms with Crippen molar-refractivity contribution in [1.29, 1.82) is 0 Å². The van der Waals surface area contributed by atoms with Crippen LogP contribution >= 0.6 is 11.6 Å². The number of carbonyl (C=O) groups excluding carboxylic acids is 1. The van der Waals surface area contributed by atoms with E-state index in [1.807, 2.05) is 25.1 Å². The van der Waals surface area contributed by atoms with Gasteiger partial charge in [-0.05, 0) is 49.4 Å². The van der Waals surface area contributed by atoms with Gasteiger partial charge in [0, 0.05) is 22.3 Å². The van der Waals surface area contributed by atoms with Gasteiger partial charge in [0.15, 0.2) is 0 Å². The van der Waals surface area contributed by atoms with Crippen molar-refractivity contribution in [2.24, 2.45) is 5.92 Å². The number of fused-ring (bicyclic) bond motifs is 1. The average Bonchev–Trinajstić information content (AvgIpc) is 3.21. The normalized spacial score (nSPS) is 20.1. The first-order valence-corrected chi connectivity index (χ1v) is 9.84. The van der Waals surface area contributed by atoms with Gasteiger partial charge in [0.2, 0.25) is 11.9 Å². The highest BCUT2D eigenvalue weighted by Crippen LogP contribution is 2.41. The van der Waals surface area contributed by atoms with Crippen molar-refractivity contribution in [1.82, 2.24) is 14.8 Å². The molecule has 0 bridgehead atoms. The lowest BCUT2D eigenvalue weighted by molar-refractivity contribution is -0.121. The zero-order valence-corrected chi connectivity index (χ0v) is 17.6. The minimum atomic E-state index is -0.504. The van der Waals surface area contributed by atoms with Gasteiger partial charge < -0.3 is 20.1 Å². The van der Waals surface area contributed by atoms with Gasteiger partial charge in [-0.3, -0.25) is 4.79 Å². The smallest absolute Gasteiger partial charge is 0.232 e. The van der Waals surface area contributed by atoms with Gasteiger partial charge in [0.25, 0.3) is 0 Å². The van der Waals surface area contributed by atoms with Crippen LogP contribution in [0.2, 0.25) is 5.02 Å². The summed E-state index contributed by atoms with van der Waals surface area (Å²) in [4.78, 5) is 17.7. The molecule has 0 saturated heterocycles. The Kier molecular flexibility index (Phi) is 5.50. The summed E-state index contributed by atoms with van der Waals surface area (Å²) in [6.45, 7) is 1.95. The third-order valence-electron chi connectivity index (χ3n) is 5.24. The molecule has 0 radical (unpaired) electrons. The van der Waals surface area contributed by atoms with Crippen LogP contribution in [-0.2, 0) is 4.79 Å². The van der Waals surface area contributed by atoms with Gasteiger partial charge in [0.1, 0.15) is 17.8 Å². The summed E-state index contributed by atoms with van der Waals surface area (Å²) in [5.74, 6) is 1.23. The zero-order valence-electron chi connectivity index (χ0n) is 16.8. The Morgan fingerprint density at radius 2 is 1.93 bits per heavy atom. The maximum Gasteiger partial charge on any atom is 0.232 e. The topological polar surface area (TPSA) is 90.3 Å². The second-order valence-electron chi connectivity index (χ2n) is 7.04. The monoisotopic (exact) mass is 427 g/mol. The van der Waals surface area contributed by atoms with E-state index < -0.39 is 12.0 Å². The molecule has 9 heteroatoms. The molecule has 30 heavy (non-hydrogen) atoms. The molecule has 8 nitrogen and oxygen atoms in total. The van der Waals surface area contributed by atoms with Crippen molar-refractivity contribution in [2.45, 2.75) is 19.0 Å². The number of hydrogen-bond donors (Lipinski definition) is 2. The second-order valence-corrected chi connectivity index (χ2v) is 7.47. The number of nitrogens with zero attached hydrogens (tertiary/aromatic N) is 3. The number of aromatic nitrogens is 3. The van der Waals surface area contributed by atoms with E-state index in [9.17, 15) is 4.79 Å². The molecule has 0 fully saturated rings. The molecule has 3 aromatic rings. The summed E-state index contributed by atoms with van der Waals surface area (Å²) in [6.07, 6.45) is 1.47. The van der Waals surface area contributed by atoms with Crippen LogP contribution in [0.4, 0.5) is 11.6 Å². The molecule has 4 rings (SSSR count). The van der Waals surface area contributed by atoms with E-state index in [2.05, 4.69) is 20.7 Å². The van der Waals surface area contributed by atoms with Crippen LogP contribution in [0.15, 0.2) is 48.8 Å². The van der Waals surface area contributed by atoms with E-state index in [-0.39, 0.29) is 11.9 Å². The molecule has 2 heterocycles. The minimum absolute atomic E-state index is 0.159. The van der Waals surface area contributed by atoms with Crippen LogP contribution in [0, 0.1) is 5.92 Å². The van der Waals surface area contributed by atoms with Gasteiger partial charge in [-0.2, -0.15) is 10.1 Å². The number of carbonyl (C=O) groups is 1. The lowest BCUT2D eigenvalue weighted by Crippen LogP contribution is -2.46. The van der Waals surface area contributed by atoms with Crippen molar-refractivity contribution in [3.63, 3.8) is 0 Å². The Morgan fingerprint density at radius 3 is 2.63 bits per heavy atom. The summed E-state index contributed by atoms with van der Waals surface area (Å²) in [6, 6.07) is 11.9. The van der Waals surface area contributed by atoms with E-state index >= 15 is 0 Å². The molecule has 0 spiro atoms. The molecule has 3 atom stereocenters. The third-order valence-corrected chi connectivity index (χ3v) is 5.49. The standard InChI is InChI=1S/C21H22ClN5O3/c1-12-18(20(28)26-14-6-4-13(22)5-7-14)19(27-21(25-12)23-11-24-27)16-10-15(29-2)8-9-17(16)30-3/h4-12,18-19H,1-3H3,(H,26,28)(H,23,24,25)/t12-,18+,19+/m0/s1. The fourth-order valence-electron chi connectivity index (χ4n) is 3.80. The maximum atomic E-state index is 13.4. The summed E-state index contributed by atoms with van der Waals surface area (Å²) in [5, 5.41) is 11.2. The molecule has 0 saturated carbocycles. The maximum absolute atomic E-state index is 13.4. The molecule has 2 aromatic carbocycles. The molecule has 1 amide bonds. The molecule has 0 unspecified atom stereocenters.